The molecule has 1 aliphatic heterocycles. The molecule has 2 rings (SSSR count). The standard InChI is InChI=1S/C15H24N2O2S/c1-15(2,3)12-6-8-13(9-7-12)17-20(18,19)11-14-5-4-10-16-14/h6-9,14,16-17H,4-5,10-11H2,1-3H3. The first-order chi connectivity index (χ1) is 9.26. The highest BCUT2D eigenvalue weighted by molar-refractivity contribution is 7.92. The number of rotatable bonds is 4. The lowest BCUT2D eigenvalue weighted by molar-refractivity contribution is 0.582. The van der Waals surface area contributed by atoms with Gasteiger partial charge in [0.15, 0.2) is 0 Å². The predicted octanol–water partition coefficient (Wildman–Crippen LogP) is 2.48. The van der Waals surface area contributed by atoms with Gasteiger partial charge in [0.05, 0.1) is 5.75 Å². The van der Waals surface area contributed by atoms with Crippen molar-refractivity contribution >= 4 is 15.7 Å². The fraction of sp³-hybridized carbons (Fsp3) is 0.600. The van der Waals surface area contributed by atoms with Crippen molar-refractivity contribution in [3.8, 4) is 0 Å². The Balaban J connectivity index is 2.01. The van der Waals surface area contributed by atoms with E-state index in [4.69, 9.17) is 0 Å². The molecule has 0 radical (unpaired) electrons. The van der Waals surface area contributed by atoms with Crippen LogP contribution < -0.4 is 10.0 Å². The van der Waals surface area contributed by atoms with Crippen molar-refractivity contribution in [3.63, 3.8) is 0 Å². The summed E-state index contributed by atoms with van der Waals surface area (Å²) in [4.78, 5) is 0. The number of anilines is 1. The van der Waals surface area contributed by atoms with Crippen molar-refractivity contribution in [2.75, 3.05) is 17.0 Å². The molecule has 0 saturated carbocycles. The molecule has 1 unspecified atom stereocenters. The summed E-state index contributed by atoms with van der Waals surface area (Å²) in [5.41, 5.74) is 1.90. The maximum atomic E-state index is 12.1. The second-order valence-electron chi connectivity index (χ2n) is 6.50. The van der Waals surface area contributed by atoms with Crippen LogP contribution in [0.25, 0.3) is 0 Å². The minimum Gasteiger partial charge on any atom is -0.313 e. The molecule has 1 atom stereocenters. The number of nitrogens with one attached hydrogen (secondary N) is 2. The Kier molecular flexibility index (Phi) is 4.39. The minimum absolute atomic E-state index is 0.0746. The molecule has 1 heterocycles. The van der Waals surface area contributed by atoms with Crippen LogP contribution in [-0.2, 0) is 15.4 Å². The van der Waals surface area contributed by atoms with Crippen molar-refractivity contribution in [1.29, 1.82) is 0 Å². The Morgan fingerprint density at radius 1 is 1.25 bits per heavy atom. The molecule has 0 amide bonds. The Bertz CT molecular complexity index is 538. The first-order valence-electron chi connectivity index (χ1n) is 7.11. The molecule has 20 heavy (non-hydrogen) atoms. The monoisotopic (exact) mass is 296 g/mol. The van der Waals surface area contributed by atoms with Crippen LogP contribution in [0.5, 0.6) is 0 Å². The van der Waals surface area contributed by atoms with E-state index >= 15 is 0 Å². The Labute approximate surface area is 122 Å². The fourth-order valence-corrected chi connectivity index (χ4v) is 3.82. The summed E-state index contributed by atoms with van der Waals surface area (Å²) >= 11 is 0. The van der Waals surface area contributed by atoms with Gasteiger partial charge in [-0.3, -0.25) is 4.72 Å². The van der Waals surface area contributed by atoms with Crippen LogP contribution in [0.15, 0.2) is 24.3 Å². The number of benzene rings is 1. The Morgan fingerprint density at radius 3 is 2.40 bits per heavy atom. The first kappa shape index (κ1) is 15.3. The van der Waals surface area contributed by atoms with Crippen molar-refractivity contribution in [2.24, 2.45) is 0 Å². The molecule has 2 N–H and O–H groups in total. The first-order valence-corrected chi connectivity index (χ1v) is 8.76. The van der Waals surface area contributed by atoms with Crippen molar-refractivity contribution in [1.82, 2.24) is 5.32 Å². The molecule has 1 aliphatic rings. The molecule has 1 saturated heterocycles. The molecule has 5 heteroatoms. The van der Waals surface area contributed by atoms with Gasteiger partial charge in [0.1, 0.15) is 0 Å². The molecule has 4 nitrogen and oxygen atoms in total. The summed E-state index contributed by atoms with van der Waals surface area (Å²) in [6, 6.07) is 7.71. The van der Waals surface area contributed by atoms with Gasteiger partial charge in [-0.05, 0) is 42.5 Å². The highest BCUT2D eigenvalue weighted by Crippen LogP contribution is 2.24. The van der Waals surface area contributed by atoms with Gasteiger partial charge in [-0.15, -0.1) is 0 Å². The largest absolute Gasteiger partial charge is 0.313 e. The quantitative estimate of drug-likeness (QED) is 0.897. The van der Waals surface area contributed by atoms with Crippen LogP contribution in [0.3, 0.4) is 0 Å². The second-order valence-corrected chi connectivity index (χ2v) is 8.27. The SMILES string of the molecule is CC(C)(C)c1ccc(NS(=O)(=O)CC2CCCN2)cc1. The van der Waals surface area contributed by atoms with E-state index in [2.05, 4.69) is 30.8 Å². The summed E-state index contributed by atoms with van der Waals surface area (Å²) in [6.45, 7) is 7.33. The van der Waals surface area contributed by atoms with Crippen LogP contribution in [0.2, 0.25) is 0 Å². The molecule has 112 valence electrons. The third kappa shape index (κ3) is 4.21. The molecule has 0 spiro atoms. The number of sulfonamides is 1. The van der Waals surface area contributed by atoms with Gasteiger partial charge < -0.3 is 5.32 Å². The molecular weight excluding hydrogens is 272 g/mol. The summed E-state index contributed by atoms with van der Waals surface area (Å²) in [6.07, 6.45) is 1.99. The van der Waals surface area contributed by atoms with E-state index in [-0.39, 0.29) is 17.2 Å². The maximum Gasteiger partial charge on any atom is 0.234 e. The maximum absolute atomic E-state index is 12.1. The van der Waals surface area contributed by atoms with E-state index in [0.717, 1.165) is 19.4 Å². The van der Waals surface area contributed by atoms with E-state index in [1.807, 2.05) is 24.3 Å². The van der Waals surface area contributed by atoms with E-state index in [9.17, 15) is 8.42 Å². The summed E-state index contributed by atoms with van der Waals surface area (Å²) < 4.78 is 26.8. The van der Waals surface area contributed by atoms with E-state index in [0.29, 0.717) is 5.69 Å². The lowest BCUT2D eigenvalue weighted by Crippen LogP contribution is -2.32. The van der Waals surface area contributed by atoms with Gasteiger partial charge in [-0.2, -0.15) is 0 Å². The highest BCUT2D eigenvalue weighted by atomic mass is 32.2. The minimum atomic E-state index is -3.28. The molecular formula is C15H24N2O2S. The van der Waals surface area contributed by atoms with Crippen LogP contribution in [0.4, 0.5) is 5.69 Å². The highest BCUT2D eigenvalue weighted by Gasteiger charge is 2.22. The average Bonchev–Trinajstić information content (AvgIpc) is 2.79. The van der Waals surface area contributed by atoms with Crippen molar-refractivity contribution in [3.05, 3.63) is 29.8 Å². The summed E-state index contributed by atoms with van der Waals surface area (Å²) in [5, 5.41) is 3.21. The second kappa shape index (κ2) is 5.74. The molecule has 0 aliphatic carbocycles. The van der Waals surface area contributed by atoms with Crippen LogP contribution >= 0.6 is 0 Å². The lowest BCUT2D eigenvalue weighted by atomic mass is 9.87. The van der Waals surface area contributed by atoms with Crippen LogP contribution in [0.1, 0.15) is 39.2 Å². The summed E-state index contributed by atoms with van der Waals surface area (Å²) in [7, 11) is -3.28. The Hall–Kier alpha value is -1.07. The third-order valence-corrected chi connectivity index (χ3v) is 5.00. The Morgan fingerprint density at radius 2 is 1.90 bits per heavy atom. The number of hydrogen-bond acceptors (Lipinski definition) is 3. The zero-order valence-electron chi connectivity index (χ0n) is 12.4. The molecule has 1 aromatic carbocycles. The molecule has 0 bridgehead atoms. The zero-order chi connectivity index (χ0) is 14.8. The van der Waals surface area contributed by atoms with Crippen LogP contribution in [-0.4, -0.2) is 26.8 Å². The van der Waals surface area contributed by atoms with Crippen LogP contribution in [0, 0.1) is 0 Å². The van der Waals surface area contributed by atoms with Crippen molar-refractivity contribution < 1.29 is 8.42 Å². The van der Waals surface area contributed by atoms with E-state index in [1.165, 1.54) is 5.56 Å². The van der Waals surface area contributed by atoms with Gasteiger partial charge in [0.2, 0.25) is 10.0 Å². The fourth-order valence-electron chi connectivity index (χ4n) is 2.42. The molecule has 1 fully saturated rings. The topological polar surface area (TPSA) is 58.2 Å². The van der Waals surface area contributed by atoms with Gasteiger partial charge >= 0.3 is 0 Å². The number of hydrogen-bond donors (Lipinski definition) is 2. The summed E-state index contributed by atoms with van der Waals surface area (Å²) in [5.74, 6) is 0.147. The predicted molar refractivity (Wildman–Crippen MR) is 83.6 cm³/mol. The van der Waals surface area contributed by atoms with Gasteiger partial charge in [-0.25, -0.2) is 8.42 Å². The molecule has 0 aromatic heterocycles. The van der Waals surface area contributed by atoms with Gasteiger partial charge in [-0.1, -0.05) is 32.9 Å². The zero-order valence-corrected chi connectivity index (χ0v) is 13.3. The smallest absolute Gasteiger partial charge is 0.234 e. The van der Waals surface area contributed by atoms with E-state index < -0.39 is 10.0 Å². The van der Waals surface area contributed by atoms with E-state index in [1.54, 1.807) is 0 Å². The third-order valence-electron chi connectivity index (χ3n) is 3.61. The molecule has 1 aromatic rings. The van der Waals surface area contributed by atoms with Crippen molar-refractivity contribution in [2.45, 2.75) is 45.1 Å². The van der Waals surface area contributed by atoms with Gasteiger partial charge in [0.25, 0.3) is 0 Å². The van der Waals surface area contributed by atoms with Gasteiger partial charge in [0, 0.05) is 11.7 Å². The lowest BCUT2D eigenvalue weighted by Gasteiger charge is -2.19. The average molecular weight is 296 g/mol. The normalized spacial score (nSPS) is 20.1.